The first kappa shape index (κ1) is 29.9. The Morgan fingerprint density at radius 3 is 1.19 bits per heavy atom. The van der Waals surface area contributed by atoms with Gasteiger partial charge in [-0.15, -0.1) is 0 Å². The molecule has 0 aromatic rings. The van der Waals surface area contributed by atoms with Crippen molar-refractivity contribution in [1.82, 2.24) is 10.6 Å². The van der Waals surface area contributed by atoms with E-state index in [1.165, 1.54) is 27.7 Å². The number of rotatable bonds is 13. The lowest BCUT2D eigenvalue weighted by Gasteiger charge is -2.31. The first-order valence-electron chi connectivity index (χ1n) is 10.0. The molecule has 0 aliphatic heterocycles. The van der Waals surface area contributed by atoms with E-state index in [1.807, 2.05) is 0 Å². The van der Waals surface area contributed by atoms with Gasteiger partial charge in [0.15, 0.2) is 10.2 Å². The molecule has 2 atom stereocenters. The molecule has 0 aromatic carbocycles. The van der Waals surface area contributed by atoms with Crippen molar-refractivity contribution < 1.29 is 39.0 Å². The first-order valence-corrected chi connectivity index (χ1v) is 11.7. The number of carbonyl (C=O) groups is 6. The summed E-state index contributed by atoms with van der Waals surface area (Å²) in [7, 11) is 0. The summed E-state index contributed by atoms with van der Waals surface area (Å²) in [6.07, 6.45) is -0.196. The molecule has 2 unspecified atom stereocenters. The Morgan fingerprint density at radius 2 is 0.969 bits per heavy atom. The molecule has 182 valence electrons. The van der Waals surface area contributed by atoms with Gasteiger partial charge in [-0.05, 0) is 27.7 Å². The van der Waals surface area contributed by atoms with Crippen LogP contribution in [0.1, 0.15) is 67.2 Å². The fourth-order valence-electron chi connectivity index (χ4n) is 2.60. The molecule has 0 saturated carbocycles. The zero-order chi connectivity index (χ0) is 25.3. The van der Waals surface area contributed by atoms with E-state index in [1.54, 1.807) is 13.8 Å². The highest BCUT2D eigenvalue weighted by Crippen LogP contribution is 2.33. The van der Waals surface area contributed by atoms with E-state index in [2.05, 4.69) is 10.6 Å². The van der Waals surface area contributed by atoms with E-state index in [0.717, 1.165) is 23.5 Å². The van der Waals surface area contributed by atoms with Crippen LogP contribution in [0, 0.1) is 0 Å². The molecule has 10 nitrogen and oxygen atoms in total. The van der Waals surface area contributed by atoms with Crippen LogP contribution in [-0.2, 0) is 28.8 Å². The highest BCUT2D eigenvalue weighted by atomic mass is 32.2. The number of nitrogens with one attached hydrogen (secondary N) is 2. The quantitative estimate of drug-likeness (QED) is 0.297. The summed E-state index contributed by atoms with van der Waals surface area (Å²) in [5.74, 6) is -3.48. The number of carboxylic acid groups (broad SMARTS) is 2. The van der Waals surface area contributed by atoms with Gasteiger partial charge in [-0.25, -0.2) is 9.59 Å². The topological polar surface area (TPSA) is 167 Å². The molecule has 0 saturated heterocycles. The van der Waals surface area contributed by atoms with Crippen molar-refractivity contribution in [1.29, 1.82) is 0 Å². The van der Waals surface area contributed by atoms with Gasteiger partial charge in [-0.1, -0.05) is 37.4 Å². The van der Waals surface area contributed by atoms with Gasteiger partial charge in [0.25, 0.3) is 0 Å². The molecule has 0 heterocycles. The molecule has 0 aliphatic carbocycles. The van der Waals surface area contributed by atoms with Gasteiger partial charge in [0.1, 0.15) is 12.1 Å². The fourth-order valence-corrected chi connectivity index (χ4v) is 4.74. The van der Waals surface area contributed by atoms with Gasteiger partial charge in [0.05, 0.1) is 0 Å². The van der Waals surface area contributed by atoms with Crippen molar-refractivity contribution in [2.75, 3.05) is 0 Å². The predicted molar refractivity (Wildman–Crippen MR) is 122 cm³/mol. The highest BCUT2D eigenvalue weighted by Gasteiger charge is 2.40. The number of hydrogen-bond donors (Lipinski definition) is 4. The van der Waals surface area contributed by atoms with E-state index in [0.29, 0.717) is 0 Å². The minimum atomic E-state index is -1.30. The number of amides is 2. The van der Waals surface area contributed by atoms with Crippen molar-refractivity contribution in [3.8, 4) is 0 Å². The SMILES string of the molecule is CCC(=O)NC(C(=O)O)C(C)(C)SC(=O)CCC(=O)SC(C)(C)C(NC(=O)CC)C(=O)O. The summed E-state index contributed by atoms with van der Waals surface area (Å²) in [4.78, 5) is 71.1. The molecular formula is C20H32N2O8S2. The minimum absolute atomic E-state index is 0.0933. The van der Waals surface area contributed by atoms with Crippen LogP contribution in [0.25, 0.3) is 0 Å². The standard InChI is InChI=1S/C20H32N2O8S2/c1-7-11(23)21-15(17(27)28)19(3,4)31-13(25)9-10-14(26)32-20(5,6)16(18(29)30)22-12(24)8-2/h15-16H,7-10H2,1-6H3,(H,21,23)(H,22,24)(H,27,28)(H,29,30). The largest absolute Gasteiger partial charge is 0.480 e. The lowest BCUT2D eigenvalue weighted by Crippen LogP contribution is -2.53. The van der Waals surface area contributed by atoms with E-state index >= 15 is 0 Å². The van der Waals surface area contributed by atoms with E-state index in [-0.39, 0.29) is 25.7 Å². The number of carboxylic acids is 2. The van der Waals surface area contributed by atoms with Crippen LogP contribution < -0.4 is 10.6 Å². The lowest BCUT2D eigenvalue weighted by atomic mass is 10.0. The Bertz CT molecular complexity index is 690. The maximum atomic E-state index is 12.4. The smallest absolute Gasteiger partial charge is 0.327 e. The average molecular weight is 493 g/mol. The second-order valence-electron chi connectivity index (χ2n) is 8.04. The summed E-state index contributed by atoms with van der Waals surface area (Å²) in [5.41, 5.74) is 0. The maximum Gasteiger partial charge on any atom is 0.327 e. The summed E-state index contributed by atoms with van der Waals surface area (Å²) in [6, 6.07) is -2.60. The van der Waals surface area contributed by atoms with E-state index in [4.69, 9.17) is 0 Å². The molecule has 12 heteroatoms. The zero-order valence-electron chi connectivity index (χ0n) is 19.1. The van der Waals surface area contributed by atoms with Crippen molar-refractivity contribution in [2.24, 2.45) is 0 Å². The van der Waals surface area contributed by atoms with Crippen LogP contribution in [-0.4, -0.2) is 65.8 Å². The molecule has 0 bridgehead atoms. The second kappa shape index (κ2) is 12.8. The van der Waals surface area contributed by atoms with Gasteiger partial charge in [0, 0.05) is 35.2 Å². The number of carbonyl (C=O) groups excluding carboxylic acids is 4. The summed E-state index contributed by atoms with van der Waals surface area (Å²) in [5, 5.41) is 22.7. The van der Waals surface area contributed by atoms with Crippen LogP contribution in [0.3, 0.4) is 0 Å². The molecule has 0 radical (unpaired) electrons. The van der Waals surface area contributed by atoms with Crippen LogP contribution >= 0.6 is 23.5 Å². The van der Waals surface area contributed by atoms with Crippen LogP contribution in [0.15, 0.2) is 0 Å². The number of hydrogen-bond acceptors (Lipinski definition) is 8. The highest BCUT2D eigenvalue weighted by molar-refractivity contribution is 8.15. The van der Waals surface area contributed by atoms with Crippen LogP contribution in [0.4, 0.5) is 0 Å². The third-order valence-electron chi connectivity index (χ3n) is 4.42. The van der Waals surface area contributed by atoms with Crippen molar-refractivity contribution in [2.45, 2.75) is 88.8 Å². The molecule has 0 aliphatic rings. The monoisotopic (exact) mass is 492 g/mol. The van der Waals surface area contributed by atoms with Gasteiger partial charge in [0.2, 0.25) is 11.8 Å². The molecule has 32 heavy (non-hydrogen) atoms. The Morgan fingerprint density at radius 1 is 0.688 bits per heavy atom. The Labute approximate surface area is 196 Å². The molecule has 0 fully saturated rings. The molecule has 0 aromatic heterocycles. The third-order valence-corrected chi connectivity index (χ3v) is 6.81. The fraction of sp³-hybridized carbons (Fsp3) is 0.700. The zero-order valence-corrected chi connectivity index (χ0v) is 20.8. The van der Waals surface area contributed by atoms with Gasteiger partial charge in [-0.3, -0.25) is 19.2 Å². The average Bonchev–Trinajstić information content (AvgIpc) is 2.66. The van der Waals surface area contributed by atoms with E-state index in [9.17, 15) is 39.0 Å². The van der Waals surface area contributed by atoms with Crippen molar-refractivity contribution in [3.05, 3.63) is 0 Å². The maximum absolute atomic E-state index is 12.4. The van der Waals surface area contributed by atoms with Gasteiger partial charge >= 0.3 is 11.9 Å². The summed E-state index contributed by atoms with van der Waals surface area (Å²) >= 11 is 1.45. The first-order chi connectivity index (χ1) is 14.6. The minimum Gasteiger partial charge on any atom is -0.480 e. The second-order valence-corrected chi connectivity index (χ2v) is 11.5. The molecule has 4 N–H and O–H groups in total. The molecule has 0 rings (SSSR count). The number of thioether (sulfide) groups is 2. The number of aliphatic carboxylic acids is 2. The van der Waals surface area contributed by atoms with Crippen LogP contribution in [0.5, 0.6) is 0 Å². The molecule has 2 amide bonds. The summed E-state index contributed by atoms with van der Waals surface area (Å²) in [6.45, 7) is 9.20. The van der Waals surface area contributed by atoms with E-state index < -0.39 is 55.6 Å². The van der Waals surface area contributed by atoms with Gasteiger partial charge < -0.3 is 20.8 Å². The molecular weight excluding hydrogens is 460 g/mol. The Hall–Kier alpha value is -2.08. The third kappa shape index (κ3) is 10.0. The Balaban J connectivity index is 5.02. The summed E-state index contributed by atoms with van der Waals surface area (Å²) < 4.78 is -2.33. The lowest BCUT2D eigenvalue weighted by molar-refractivity contribution is -0.143. The van der Waals surface area contributed by atoms with Gasteiger partial charge in [-0.2, -0.15) is 0 Å². The van der Waals surface area contributed by atoms with Crippen LogP contribution in [0.2, 0.25) is 0 Å². The Kier molecular flexibility index (Phi) is 12.0. The predicted octanol–water partition coefficient (Wildman–Crippen LogP) is 1.80. The molecule has 0 spiro atoms. The normalized spacial score (nSPS) is 13.6. The van der Waals surface area contributed by atoms with Crippen molar-refractivity contribution in [3.63, 3.8) is 0 Å². The van der Waals surface area contributed by atoms with Crippen molar-refractivity contribution >= 4 is 57.5 Å².